The van der Waals surface area contributed by atoms with Gasteiger partial charge in [-0.25, -0.2) is 0 Å². The van der Waals surface area contributed by atoms with E-state index in [4.69, 9.17) is 33.5 Å². The normalized spacial score (nSPS) is 27.5. The maximum absolute atomic E-state index is 11.8. The summed E-state index contributed by atoms with van der Waals surface area (Å²) in [6, 6.07) is 0. The average molecular weight is 448 g/mol. The first kappa shape index (κ1) is 26.3. The SMILES string of the molecule is CC(=O)OC1C(OC(C)=O)[C@H](OCCCO)[C@@H](OC(C)=O)C(OC(C)=O)[C@H]1OC(C)=O. The Morgan fingerprint density at radius 2 is 0.806 bits per heavy atom. The van der Waals surface area contributed by atoms with Crippen molar-refractivity contribution in [2.75, 3.05) is 13.2 Å². The van der Waals surface area contributed by atoms with Crippen molar-refractivity contribution in [2.24, 2.45) is 0 Å². The van der Waals surface area contributed by atoms with Crippen LogP contribution in [0.3, 0.4) is 0 Å². The van der Waals surface area contributed by atoms with Crippen LogP contribution in [0, 0.1) is 0 Å². The average Bonchev–Trinajstić information content (AvgIpc) is 2.61. The summed E-state index contributed by atoms with van der Waals surface area (Å²) in [5.41, 5.74) is 0. The fourth-order valence-corrected chi connectivity index (χ4v) is 3.22. The molecule has 12 heteroatoms. The third kappa shape index (κ3) is 8.13. The minimum Gasteiger partial charge on any atom is -0.455 e. The van der Waals surface area contributed by atoms with Crippen LogP contribution in [-0.2, 0) is 52.4 Å². The molecular formula is C19H28O12. The lowest BCUT2D eigenvalue weighted by Gasteiger charge is -2.47. The Bertz CT molecular complexity index is 631. The molecule has 0 bridgehead atoms. The smallest absolute Gasteiger partial charge is 0.303 e. The number of rotatable bonds is 9. The van der Waals surface area contributed by atoms with Gasteiger partial charge in [-0.2, -0.15) is 0 Å². The number of hydrogen-bond acceptors (Lipinski definition) is 12. The number of esters is 5. The van der Waals surface area contributed by atoms with Gasteiger partial charge < -0.3 is 33.5 Å². The predicted molar refractivity (Wildman–Crippen MR) is 99.2 cm³/mol. The third-order valence-electron chi connectivity index (χ3n) is 4.07. The highest BCUT2D eigenvalue weighted by Crippen LogP contribution is 2.34. The largest absolute Gasteiger partial charge is 0.455 e. The minimum atomic E-state index is -1.48. The monoisotopic (exact) mass is 448 g/mol. The Hall–Kier alpha value is -2.73. The Balaban J connectivity index is 3.58. The minimum absolute atomic E-state index is 0.0610. The molecule has 0 aromatic heterocycles. The van der Waals surface area contributed by atoms with Crippen molar-refractivity contribution >= 4 is 29.8 Å². The van der Waals surface area contributed by atoms with Crippen molar-refractivity contribution in [3.63, 3.8) is 0 Å². The Morgan fingerprint density at radius 1 is 0.548 bits per heavy atom. The summed E-state index contributed by atoms with van der Waals surface area (Å²) in [6.45, 7) is 5.13. The number of hydrogen-bond donors (Lipinski definition) is 1. The lowest BCUT2D eigenvalue weighted by atomic mass is 9.83. The van der Waals surface area contributed by atoms with Crippen molar-refractivity contribution in [3.05, 3.63) is 0 Å². The molecule has 0 aliphatic heterocycles. The highest BCUT2D eigenvalue weighted by Gasteiger charge is 2.59. The summed E-state index contributed by atoms with van der Waals surface area (Å²) in [7, 11) is 0. The molecule has 0 aromatic carbocycles. The van der Waals surface area contributed by atoms with Crippen LogP contribution in [0.1, 0.15) is 41.0 Å². The zero-order chi connectivity index (χ0) is 23.7. The van der Waals surface area contributed by atoms with Crippen molar-refractivity contribution in [2.45, 2.75) is 77.7 Å². The van der Waals surface area contributed by atoms with Crippen molar-refractivity contribution in [3.8, 4) is 0 Å². The number of aliphatic hydroxyl groups excluding tert-OH is 1. The van der Waals surface area contributed by atoms with E-state index in [0.717, 1.165) is 34.6 Å². The molecule has 6 atom stereocenters. The molecule has 1 aliphatic carbocycles. The van der Waals surface area contributed by atoms with Crippen molar-refractivity contribution in [1.29, 1.82) is 0 Å². The predicted octanol–water partition coefficient (Wildman–Crippen LogP) is -0.574. The van der Waals surface area contributed by atoms with Crippen molar-refractivity contribution in [1.82, 2.24) is 0 Å². The molecule has 1 N–H and O–H groups in total. The molecule has 1 aliphatic rings. The number of ether oxygens (including phenoxy) is 6. The van der Waals surface area contributed by atoms with Gasteiger partial charge >= 0.3 is 29.8 Å². The van der Waals surface area contributed by atoms with Gasteiger partial charge in [-0.15, -0.1) is 0 Å². The first-order chi connectivity index (χ1) is 14.5. The van der Waals surface area contributed by atoms with Gasteiger partial charge in [0.15, 0.2) is 30.5 Å². The van der Waals surface area contributed by atoms with Crippen LogP contribution >= 0.6 is 0 Å². The summed E-state index contributed by atoms with van der Waals surface area (Å²) in [5.74, 6) is -4.00. The van der Waals surface area contributed by atoms with E-state index in [2.05, 4.69) is 0 Å². The highest BCUT2D eigenvalue weighted by molar-refractivity contribution is 5.70. The van der Waals surface area contributed by atoms with Crippen molar-refractivity contribution < 1.29 is 57.5 Å². The molecule has 1 fully saturated rings. The first-order valence-electron chi connectivity index (χ1n) is 9.56. The molecule has 0 aromatic rings. The van der Waals surface area contributed by atoms with Gasteiger partial charge in [-0.1, -0.05) is 0 Å². The van der Waals surface area contributed by atoms with Crippen LogP contribution in [0.5, 0.6) is 0 Å². The second kappa shape index (κ2) is 12.2. The molecule has 0 saturated heterocycles. The van der Waals surface area contributed by atoms with Gasteiger partial charge in [0.05, 0.1) is 0 Å². The molecule has 1 rings (SSSR count). The summed E-state index contributed by atoms with van der Waals surface area (Å²) in [5, 5.41) is 9.05. The summed E-state index contributed by atoms with van der Waals surface area (Å²) < 4.78 is 32.1. The Labute approximate surface area is 179 Å². The number of carbonyl (C=O) groups is 5. The fraction of sp³-hybridized carbons (Fsp3) is 0.737. The van der Waals surface area contributed by atoms with Crippen LogP contribution in [0.4, 0.5) is 0 Å². The maximum Gasteiger partial charge on any atom is 0.303 e. The van der Waals surface area contributed by atoms with E-state index in [1.165, 1.54) is 0 Å². The molecule has 1 saturated carbocycles. The Morgan fingerprint density at radius 3 is 1.03 bits per heavy atom. The zero-order valence-corrected chi connectivity index (χ0v) is 18.0. The van der Waals surface area contributed by atoms with Crippen LogP contribution in [0.15, 0.2) is 0 Å². The van der Waals surface area contributed by atoms with Gasteiger partial charge in [-0.3, -0.25) is 24.0 Å². The second-order valence-electron chi connectivity index (χ2n) is 6.78. The van der Waals surface area contributed by atoms with Crippen LogP contribution < -0.4 is 0 Å². The molecule has 0 amide bonds. The van der Waals surface area contributed by atoms with Crippen LogP contribution in [0.2, 0.25) is 0 Å². The molecule has 3 unspecified atom stereocenters. The van der Waals surface area contributed by atoms with E-state index in [1.54, 1.807) is 0 Å². The van der Waals surface area contributed by atoms with Crippen LogP contribution in [-0.4, -0.2) is 84.8 Å². The van der Waals surface area contributed by atoms with E-state index in [-0.39, 0.29) is 19.6 Å². The van der Waals surface area contributed by atoms with Gasteiger partial charge in [0, 0.05) is 47.8 Å². The number of aliphatic hydroxyl groups is 1. The van der Waals surface area contributed by atoms with E-state index in [9.17, 15) is 24.0 Å². The zero-order valence-electron chi connectivity index (χ0n) is 18.0. The molecule has 12 nitrogen and oxygen atoms in total. The molecule has 0 heterocycles. The van der Waals surface area contributed by atoms with Gasteiger partial charge in [0.25, 0.3) is 0 Å². The lowest BCUT2D eigenvalue weighted by Crippen LogP contribution is -2.68. The van der Waals surface area contributed by atoms with E-state index < -0.39 is 66.5 Å². The highest BCUT2D eigenvalue weighted by atomic mass is 16.7. The lowest BCUT2D eigenvalue weighted by molar-refractivity contribution is -0.262. The summed E-state index contributed by atoms with van der Waals surface area (Å²) >= 11 is 0. The summed E-state index contributed by atoms with van der Waals surface area (Å²) in [6.07, 6.45) is -8.24. The van der Waals surface area contributed by atoms with Gasteiger partial charge in [-0.05, 0) is 6.42 Å². The quantitative estimate of drug-likeness (QED) is 0.272. The molecular weight excluding hydrogens is 420 g/mol. The first-order valence-corrected chi connectivity index (χ1v) is 9.56. The Kier molecular flexibility index (Phi) is 10.4. The second-order valence-corrected chi connectivity index (χ2v) is 6.78. The number of carbonyl (C=O) groups excluding carboxylic acids is 5. The topological polar surface area (TPSA) is 161 Å². The van der Waals surface area contributed by atoms with E-state index in [0.29, 0.717) is 0 Å². The molecule has 0 radical (unpaired) electrons. The van der Waals surface area contributed by atoms with E-state index in [1.807, 2.05) is 0 Å². The molecule has 0 spiro atoms. The van der Waals surface area contributed by atoms with E-state index >= 15 is 0 Å². The third-order valence-corrected chi connectivity index (χ3v) is 4.07. The standard InChI is InChI=1S/C19H28O12/c1-9(21)27-15-14(26-8-6-7-20)16(28-10(2)22)18(30-12(4)24)19(31-13(5)25)17(15)29-11(3)23/h14-20H,6-8H2,1-5H3/t14-,15-,16?,17?,18?,19-/m1/s1. The van der Waals surface area contributed by atoms with Gasteiger partial charge in [0.2, 0.25) is 0 Å². The molecule has 31 heavy (non-hydrogen) atoms. The summed E-state index contributed by atoms with van der Waals surface area (Å²) in [4.78, 5) is 58.8. The van der Waals surface area contributed by atoms with Crippen LogP contribution in [0.25, 0.3) is 0 Å². The van der Waals surface area contributed by atoms with Gasteiger partial charge in [0.1, 0.15) is 6.10 Å². The molecule has 176 valence electrons. The fourth-order valence-electron chi connectivity index (χ4n) is 3.22. The maximum atomic E-state index is 11.8.